The number of hydrogen-bond acceptors (Lipinski definition) is 7. The van der Waals surface area contributed by atoms with Crippen molar-refractivity contribution in [1.29, 1.82) is 0 Å². The second kappa shape index (κ2) is 6.50. The summed E-state index contributed by atoms with van der Waals surface area (Å²) in [7, 11) is -2.05. The molecule has 0 spiro atoms. The van der Waals surface area contributed by atoms with Crippen molar-refractivity contribution in [3.05, 3.63) is 48.9 Å². The summed E-state index contributed by atoms with van der Waals surface area (Å²) in [6, 6.07) is 3.68. The van der Waals surface area contributed by atoms with Crippen LogP contribution in [0.3, 0.4) is 0 Å². The van der Waals surface area contributed by atoms with E-state index >= 15 is 0 Å². The van der Waals surface area contributed by atoms with Crippen LogP contribution in [0.15, 0.2) is 48.3 Å². The van der Waals surface area contributed by atoms with Crippen LogP contribution in [-0.4, -0.2) is 54.7 Å². The van der Waals surface area contributed by atoms with E-state index in [1.807, 2.05) is 0 Å². The Balaban J connectivity index is 1.66. The molecule has 26 heavy (non-hydrogen) atoms. The van der Waals surface area contributed by atoms with Gasteiger partial charge >= 0.3 is 6.01 Å². The molecule has 1 aliphatic rings. The number of fused-ring (bicyclic) bond motifs is 1. The van der Waals surface area contributed by atoms with Crippen LogP contribution in [0.4, 0.5) is 0 Å². The van der Waals surface area contributed by atoms with Crippen molar-refractivity contribution >= 4 is 10.0 Å². The second-order valence-electron chi connectivity index (χ2n) is 5.95. The highest BCUT2D eigenvalue weighted by Crippen LogP contribution is 2.21. The Kier molecular flexibility index (Phi) is 4.17. The Morgan fingerprint density at radius 1 is 1.15 bits per heavy atom. The maximum atomic E-state index is 13.0. The summed E-state index contributed by atoms with van der Waals surface area (Å²) in [4.78, 5) is 12.1. The number of ether oxygens (including phenoxy) is 1. The Bertz CT molecular complexity index is 999. The lowest BCUT2D eigenvalue weighted by atomic mass is 10.3. The third kappa shape index (κ3) is 3.18. The van der Waals surface area contributed by atoms with E-state index in [9.17, 15) is 8.42 Å². The van der Waals surface area contributed by atoms with Gasteiger partial charge in [0.05, 0.1) is 31.7 Å². The summed E-state index contributed by atoms with van der Waals surface area (Å²) in [6.07, 6.45) is 7.23. The average molecular weight is 375 g/mol. The molecule has 0 aliphatic carbocycles. The summed E-state index contributed by atoms with van der Waals surface area (Å²) in [5, 5.41) is 4.26. The van der Waals surface area contributed by atoms with E-state index in [4.69, 9.17) is 4.74 Å². The van der Waals surface area contributed by atoms with Crippen LogP contribution in [0.25, 0.3) is 0 Å². The van der Waals surface area contributed by atoms with Crippen molar-refractivity contribution in [3.63, 3.8) is 0 Å². The van der Waals surface area contributed by atoms with Gasteiger partial charge in [-0.2, -0.15) is 9.40 Å². The van der Waals surface area contributed by atoms with Gasteiger partial charge in [-0.3, -0.25) is 4.68 Å². The molecule has 1 unspecified atom stereocenters. The topological polar surface area (TPSA) is 108 Å². The summed E-state index contributed by atoms with van der Waals surface area (Å²) in [5.41, 5.74) is 0.782. The molecule has 0 aromatic carbocycles. The van der Waals surface area contributed by atoms with Gasteiger partial charge in [0.15, 0.2) is 5.03 Å². The van der Waals surface area contributed by atoms with E-state index in [0.717, 1.165) is 5.69 Å². The molecule has 4 heterocycles. The maximum absolute atomic E-state index is 13.0. The van der Waals surface area contributed by atoms with E-state index in [-0.39, 0.29) is 24.1 Å². The molecule has 11 heteroatoms. The van der Waals surface area contributed by atoms with Crippen molar-refractivity contribution in [3.8, 4) is 6.01 Å². The zero-order valence-electron chi connectivity index (χ0n) is 14.0. The highest BCUT2D eigenvalue weighted by Gasteiger charge is 2.33. The van der Waals surface area contributed by atoms with E-state index in [2.05, 4.69) is 20.1 Å². The first-order chi connectivity index (χ1) is 12.5. The standard InChI is InChI=1S/C15H17N7O3S/c1-20-10-14(18-11-20)26(23,24)21-7-12-3-6-19-22(12)9-13(8-21)25-15-16-4-2-5-17-15/h2-6,10-11,13H,7-9H2,1H3. The van der Waals surface area contributed by atoms with Gasteiger partial charge in [-0.1, -0.05) is 0 Å². The molecule has 0 radical (unpaired) electrons. The fraction of sp³-hybridized carbons (Fsp3) is 0.333. The minimum absolute atomic E-state index is 0.00248. The minimum atomic E-state index is -3.77. The molecule has 4 rings (SSSR count). The predicted octanol–water partition coefficient (Wildman–Crippen LogP) is 0.0587. The van der Waals surface area contributed by atoms with Gasteiger partial charge in [-0.05, 0) is 12.1 Å². The lowest BCUT2D eigenvalue weighted by molar-refractivity contribution is 0.144. The molecule has 136 valence electrons. The van der Waals surface area contributed by atoms with Gasteiger partial charge in [-0.25, -0.2) is 23.4 Å². The molecule has 3 aromatic rings. The molecule has 0 bridgehead atoms. The molecule has 10 nitrogen and oxygen atoms in total. The van der Waals surface area contributed by atoms with Crippen LogP contribution < -0.4 is 4.74 Å². The predicted molar refractivity (Wildman–Crippen MR) is 89.5 cm³/mol. The van der Waals surface area contributed by atoms with E-state index in [1.165, 1.54) is 16.8 Å². The Labute approximate surface area is 150 Å². The van der Waals surface area contributed by atoms with Gasteiger partial charge < -0.3 is 9.30 Å². The van der Waals surface area contributed by atoms with E-state index < -0.39 is 16.1 Å². The molecule has 0 N–H and O–H groups in total. The molecule has 0 saturated carbocycles. The molecule has 1 atom stereocenters. The lowest BCUT2D eigenvalue weighted by Gasteiger charge is -2.22. The normalized spacial score (nSPS) is 18.3. The van der Waals surface area contributed by atoms with Crippen LogP contribution in [0.1, 0.15) is 5.69 Å². The van der Waals surface area contributed by atoms with E-state index in [0.29, 0.717) is 6.54 Å². The molecule has 0 fully saturated rings. The summed E-state index contributed by atoms with van der Waals surface area (Å²) >= 11 is 0. The second-order valence-corrected chi connectivity index (χ2v) is 7.84. The van der Waals surface area contributed by atoms with Crippen LogP contribution in [0.5, 0.6) is 6.01 Å². The van der Waals surface area contributed by atoms with Gasteiger partial charge in [0, 0.05) is 31.8 Å². The fourth-order valence-electron chi connectivity index (χ4n) is 2.79. The first kappa shape index (κ1) is 16.7. The van der Waals surface area contributed by atoms with Crippen LogP contribution in [0, 0.1) is 0 Å². The number of hydrogen-bond donors (Lipinski definition) is 0. The number of rotatable bonds is 4. The quantitative estimate of drug-likeness (QED) is 0.634. The molecule has 3 aromatic heterocycles. The third-order valence-corrected chi connectivity index (χ3v) is 5.72. The molecular formula is C15H17N7O3S. The monoisotopic (exact) mass is 375 g/mol. The molecular weight excluding hydrogens is 358 g/mol. The smallest absolute Gasteiger partial charge is 0.316 e. The van der Waals surface area contributed by atoms with Gasteiger partial charge in [0.2, 0.25) is 0 Å². The molecule has 0 amide bonds. The molecule has 1 aliphatic heterocycles. The average Bonchev–Trinajstić information content (AvgIpc) is 3.21. The maximum Gasteiger partial charge on any atom is 0.316 e. The highest BCUT2D eigenvalue weighted by atomic mass is 32.2. The van der Waals surface area contributed by atoms with Crippen molar-refractivity contribution < 1.29 is 13.2 Å². The highest BCUT2D eigenvalue weighted by molar-refractivity contribution is 7.89. The largest absolute Gasteiger partial charge is 0.457 e. The van der Waals surface area contributed by atoms with Crippen LogP contribution >= 0.6 is 0 Å². The van der Waals surface area contributed by atoms with Gasteiger partial charge in [-0.15, -0.1) is 0 Å². The summed E-state index contributed by atoms with van der Waals surface area (Å²) in [5.74, 6) is 0. The van der Waals surface area contributed by atoms with Gasteiger partial charge in [0.25, 0.3) is 10.0 Å². The first-order valence-corrected chi connectivity index (χ1v) is 9.39. The first-order valence-electron chi connectivity index (χ1n) is 7.95. The summed E-state index contributed by atoms with van der Waals surface area (Å²) < 4.78 is 36.5. The van der Waals surface area contributed by atoms with E-state index in [1.54, 1.807) is 47.0 Å². The molecule has 0 saturated heterocycles. The fourth-order valence-corrected chi connectivity index (χ4v) is 4.20. The number of aryl methyl sites for hydroxylation is 1. The van der Waals surface area contributed by atoms with Crippen molar-refractivity contribution in [2.75, 3.05) is 6.54 Å². The number of imidazole rings is 1. The lowest BCUT2D eigenvalue weighted by Crippen LogP contribution is -2.39. The van der Waals surface area contributed by atoms with Crippen LogP contribution in [0.2, 0.25) is 0 Å². The number of nitrogens with zero attached hydrogens (tertiary/aromatic N) is 7. The zero-order valence-corrected chi connectivity index (χ0v) is 14.8. The van der Waals surface area contributed by atoms with Crippen molar-refractivity contribution in [2.45, 2.75) is 24.2 Å². The summed E-state index contributed by atoms with van der Waals surface area (Å²) in [6.45, 7) is 0.726. The number of sulfonamides is 1. The van der Waals surface area contributed by atoms with Crippen LogP contribution in [-0.2, 0) is 30.2 Å². The SMILES string of the molecule is Cn1cnc(S(=O)(=O)N2Cc3ccnn3CC(Oc3ncccn3)C2)c1. The Hall–Kier alpha value is -2.79. The number of aromatic nitrogens is 6. The Morgan fingerprint density at radius 2 is 1.96 bits per heavy atom. The third-order valence-electron chi connectivity index (χ3n) is 4.03. The van der Waals surface area contributed by atoms with Crippen molar-refractivity contribution in [2.24, 2.45) is 7.05 Å². The zero-order chi connectivity index (χ0) is 18.1. The van der Waals surface area contributed by atoms with Crippen molar-refractivity contribution in [1.82, 2.24) is 33.6 Å². The van der Waals surface area contributed by atoms with Gasteiger partial charge in [0.1, 0.15) is 6.10 Å². The Morgan fingerprint density at radius 3 is 2.69 bits per heavy atom. The minimum Gasteiger partial charge on any atom is -0.457 e.